The maximum atomic E-state index is 14.2. The van der Waals surface area contributed by atoms with Crippen molar-refractivity contribution in [3.05, 3.63) is 90.3 Å². The molecule has 2 unspecified atom stereocenters. The molecule has 14 heteroatoms. The van der Waals surface area contributed by atoms with Crippen molar-refractivity contribution >= 4 is 46.1 Å². The second-order valence-corrected chi connectivity index (χ2v) is 14.5. The summed E-state index contributed by atoms with van der Waals surface area (Å²) in [6, 6.07) is 24.3. The standard InChI is InChI=1S/C37H45N9O3S.ClH/c1-3-49-25-24-45-33-13-8-7-12-32(33)39-36(45)43-19-9-18-42(22-23-43)20-16-37(29-10-5-4-6-11-29)17-21-44(27-37)35(47)31-26-30(46-28-38-40-41-46)14-15-34(31)50(2)48;/h4-8,10-15,26,28H,3,9,16-25,27H2,1-2H3;1H. The molecule has 0 spiro atoms. The molecule has 0 saturated carbocycles. The van der Waals surface area contributed by atoms with Crippen LogP contribution < -0.4 is 4.90 Å². The Morgan fingerprint density at radius 3 is 2.57 bits per heavy atom. The Morgan fingerprint density at radius 1 is 0.961 bits per heavy atom. The third-order valence-electron chi connectivity index (χ3n) is 10.2. The molecule has 0 bridgehead atoms. The van der Waals surface area contributed by atoms with Crippen LogP contribution in [0.5, 0.6) is 0 Å². The third kappa shape index (κ3) is 7.86. The van der Waals surface area contributed by atoms with Crippen LogP contribution in [0, 0.1) is 0 Å². The van der Waals surface area contributed by atoms with Gasteiger partial charge in [0.05, 0.1) is 44.6 Å². The smallest absolute Gasteiger partial charge is 0.255 e. The molecule has 3 aromatic carbocycles. The second kappa shape index (κ2) is 16.4. The van der Waals surface area contributed by atoms with Gasteiger partial charge >= 0.3 is 0 Å². The van der Waals surface area contributed by atoms with Crippen LogP contribution in [-0.4, -0.2) is 115 Å². The van der Waals surface area contributed by atoms with E-state index >= 15 is 0 Å². The van der Waals surface area contributed by atoms with Crippen LogP contribution in [0.25, 0.3) is 16.7 Å². The van der Waals surface area contributed by atoms with Crippen molar-refractivity contribution in [2.24, 2.45) is 0 Å². The van der Waals surface area contributed by atoms with Gasteiger partial charge in [0.2, 0.25) is 5.95 Å². The molecule has 2 saturated heterocycles. The molecule has 2 atom stereocenters. The molecule has 2 fully saturated rings. The Kier molecular flexibility index (Phi) is 11.8. The van der Waals surface area contributed by atoms with E-state index in [1.165, 1.54) is 16.6 Å². The summed E-state index contributed by atoms with van der Waals surface area (Å²) in [5, 5.41) is 11.5. The van der Waals surface area contributed by atoms with Gasteiger partial charge in [-0.15, -0.1) is 17.5 Å². The fraction of sp³-hybridized carbons (Fsp3) is 0.432. The van der Waals surface area contributed by atoms with Gasteiger partial charge in [-0.1, -0.05) is 42.5 Å². The van der Waals surface area contributed by atoms with E-state index in [-0.39, 0.29) is 23.7 Å². The quantitative estimate of drug-likeness (QED) is 0.170. The number of nitrogens with zero attached hydrogens (tertiary/aromatic N) is 9. The molecule has 270 valence electrons. The maximum absolute atomic E-state index is 14.2. The summed E-state index contributed by atoms with van der Waals surface area (Å²) >= 11 is 0. The van der Waals surface area contributed by atoms with Gasteiger partial charge in [-0.05, 0) is 85.6 Å². The number of carbonyl (C=O) groups is 1. The maximum Gasteiger partial charge on any atom is 0.255 e. The SMILES string of the molecule is CCOCCn1c(N2CCCN(CCC3(c4ccccc4)CCN(C(=O)c4cc(-n5cnnn5)ccc4S(C)=O)C3)CC2)nc2ccccc21.Cl. The molecular formula is C37H46ClN9O3S. The molecule has 0 aliphatic carbocycles. The van der Waals surface area contributed by atoms with Crippen molar-refractivity contribution in [2.75, 3.05) is 70.2 Å². The Labute approximate surface area is 307 Å². The first-order chi connectivity index (χ1) is 24.5. The first kappa shape index (κ1) is 36.6. The van der Waals surface area contributed by atoms with Crippen molar-refractivity contribution in [1.29, 1.82) is 0 Å². The van der Waals surface area contributed by atoms with Gasteiger partial charge in [0.25, 0.3) is 5.91 Å². The zero-order chi connectivity index (χ0) is 34.5. The highest BCUT2D eigenvalue weighted by molar-refractivity contribution is 7.84. The van der Waals surface area contributed by atoms with Gasteiger partial charge in [0.1, 0.15) is 6.33 Å². The van der Waals surface area contributed by atoms with Crippen LogP contribution in [-0.2, 0) is 27.5 Å². The lowest BCUT2D eigenvalue weighted by Gasteiger charge is -2.33. The van der Waals surface area contributed by atoms with Crippen molar-refractivity contribution in [2.45, 2.75) is 43.0 Å². The number of rotatable bonds is 12. The highest BCUT2D eigenvalue weighted by Gasteiger charge is 2.42. The molecule has 2 aliphatic heterocycles. The number of anilines is 1. The van der Waals surface area contributed by atoms with E-state index in [0.29, 0.717) is 42.4 Å². The Morgan fingerprint density at radius 2 is 1.78 bits per heavy atom. The number of hydrogen-bond acceptors (Lipinski definition) is 9. The molecular weight excluding hydrogens is 686 g/mol. The second-order valence-electron chi connectivity index (χ2n) is 13.2. The molecule has 51 heavy (non-hydrogen) atoms. The number of benzene rings is 3. The fourth-order valence-corrected chi connectivity index (χ4v) is 8.26. The molecule has 2 aliphatic rings. The van der Waals surface area contributed by atoms with Crippen molar-refractivity contribution < 1.29 is 13.7 Å². The van der Waals surface area contributed by atoms with E-state index in [2.05, 4.69) is 72.4 Å². The average Bonchev–Trinajstić information content (AvgIpc) is 3.88. The number of hydrogen-bond donors (Lipinski definition) is 0. The summed E-state index contributed by atoms with van der Waals surface area (Å²) in [6.45, 7) is 10.1. The molecule has 2 aromatic heterocycles. The predicted molar refractivity (Wildman–Crippen MR) is 201 cm³/mol. The van der Waals surface area contributed by atoms with Gasteiger partial charge in [0, 0.05) is 57.5 Å². The van der Waals surface area contributed by atoms with Crippen molar-refractivity contribution in [3.63, 3.8) is 0 Å². The van der Waals surface area contributed by atoms with Gasteiger partial charge in [-0.25, -0.2) is 9.67 Å². The van der Waals surface area contributed by atoms with E-state index in [1.807, 2.05) is 24.0 Å². The number of para-hydroxylation sites is 2. The number of tetrazole rings is 1. The van der Waals surface area contributed by atoms with Crippen molar-refractivity contribution in [1.82, 2.24) is 39.6 Å². The van der Waals surface area contributed by atoms with Crippen LogP contribution in [0.15, 0.2) is 84.0 Å². The number of ether oxygens (including phenoxy) is 1. The minimum absolute atomic E-state index is 0. The fourth-order valence-electron chi connectivity index (χ4n) is 7.54. The first-order valence-electron chi connectivity index (χ1n) is 17.5. The largest absolute Gasteiger partial charge is 0.380 e. The zero-order valence-electron chi connectivity index (χ0n) is 29.3. The summed E-state index contributed by atoms with van der Waals surface area (Å²) in [4.78, 5) is 26.8. The number of amides is 1. The van der Waals surface area contributed by atoms with E-state index in [4.69, 9.17) is 9.72 Å². The van der Waals surface area contributed by atoms with Crippen LogP contribution in [0.3, 0.4) is 0 Å². The number of carbonyl (C=O) groups excluding carboxylic acids is 1. The summed E-state index contributed by atoms with van der Waals surface area (Å²) in [7, 11) is -1.34. The average molecular weight is 732 g/mol. The van der Waals surface area contributed by atoms with E-state index in [0.717, 1.165) is 75.5 Å². The monoisotopic (exact) mass is 731 g/mol. The molecule has 7 rings (SSSR count). The van der Waals surface area contributed by atoms with Crippen LogP contribution in [0.4, 0.5) is 5.95 Å². The van der Waals surface area contributed by atoms with Crippen LogP contribution in [0.1, 0.15) is 42.1 Å². The Hall–Kier alpha value is -4.17. The molecule has 5 aromatic rings. The molecule has 0 radical (unpaired) electrons. The van der Waals surface area contributed by atoms with Gasteiger partial charge in [-0.3, -0.25) is 9.00 Å². The summed E-state index contributed by atoms with van der Waals surface area (Å²) in [6.07, 6.45) is 5.95. The molecule has 12 nitrogen and oxygen atoms in total. The van der Waals surface area contributed by atoms with Gasteiger partial charge in [0.15, 0.2) is 0 Å². The predicted octanol–water partition coefficient (Wildman–Crippen LogP) is 4.59. The molecule has 1 amide bonds. The van der Waals surface area contributed by atoms with Crippen molar-refractivity contribution in [3.8, 4) is 5.69 Å². The lowest BCUT2D eigenvalue weighted by atomic mass is 9.76. The number of imidazole rings is 1. The van der Waals surface area contributed by atoms with E-state index in [1.54, 1.807) is 24.5 Å². The van der Waals surface area contributed by atoms with Gasteiger partial charge in [-0.2, -0.15) is 0 Å². The topological polar surface area (TPSA) is 115 Å². The number of likely N-dealkylation sites (tertiary alicyclic amines) is 1. The highest BCUT2D eigenvalue weighted by Crippen LogP contribution is 2.39. The lowest BCUT2D eigenvalue weighted by Crippen LogP contribution is -2.39. The zero-order valence-corrected chi connectivity index (χ0v) is 30.9. The molecule has 4 heterocycles. The summed E-state index contributed by atoms with van der Waals surface area (Å²) in [5.74, 6) is 0.913. The Bertz CT molecular complexity index is 1940. The minimum atomic E-state index is -1.34. The van der Waals surface area contributed by atoms with E-state index in [9.17, 15) is 9.00 Å². The summed E-state index contributed by atoms with van der Waals surface area (Å²) < 4.78 is 22.3. The normalized spacial score (nSPS) is 18.9. The summed E-state index contributed by atoms with van der Waals surface area (Å²) in [5.41, 5.74) is 4.33. The number of halogens is 1. The van der Waals surface area contributed by atoms with E-state index < -0.39 is 10.8 Å². The van der Waals surface area contributed by atoms with Crippen LogP contribution in [0.2, 0.25) is 0 Å². The first-order valence-corrected chi connectivity index (χ1v) is 19.1. The van der Waals surface area contributed by atoms with Crippen LogP contribution >= 0.6 is 12.4 Å². The number of aromatic nitrogens is 6. The highest BCUT2D eigenvalue weighted by atomic mass is 35.5. The molecule has 0 N–H and O–H groups in total. The lowest BCUT2D eigenvalue weighted by molar-refractivity contribution is 0.0777. The third-order valence-corrected chi connectivity index (χ3v) is 11.2. The Balaban J connectivity index is 0.00000448. The number of fused-ring (bicyclic) bond motifs is 1. The minimum Gasteiger partial charge on any atom is -0.380 e. The van der Waals surface area contributed by atoms with Gasteiger partial charge < -0.3 is 24.0 Å².